The van der Waals surface area contributed by atoms with Crippen molar-refractivity contribution >= 4 is 27.5 Å². The highest BCUT2D eigenvalue weighted by molar-refractivity contribution is 5.98. The molecule has 3 aromatic rings. The number of esters is 1. The quantitative estimate of drug-likeness (QED) is 0.244. The Labute approximate surface area is 147 Å². The third-order valence-electron chi connectivity index (χ3n) is 4.14. The zero-order valence-corrected chi connectivity index (χ0v) is 14.2. The summed E-state index contributed by atoms with van der Waals surface area (Å²) in [4.78, 5) is 10.9. The molecule has 3 heteroatoms. The van der Waals surface area contributed by atoms with E-state index in [2.05, 4.69) is 55.1 Å². The van der Waals surface area contributed by atoms with Crippen molar-refractivity contribution in [2.75, 3.05) is 13.2 Å². The molecule has 0 atom stereocenters. The Hall–Kier alpha value is -2.81. The lowest BCUT2D eigenvalue weighted by Crippen LogP contribution is -2.03. The minimum Gasteiger partial charge on any atom is -0.494 e. The number of ether oxygens (including phenoxy) is 2. The largest absolute Gasteiger partial charge is 0.494 e. The molecule has 128 valence electrons. The van der Waals surface area contributed by atoms with Crippen molar-refractivity contribution < 1.29 is 14.3 Å². The molecular weight excluding hydrogens is 312 g/mol. The van der Waals surface area contributed by atoms with Gasteiger partial charge in [0.2, 0.25) is 0 Å². The molecule has 0 fully saturated rings. The molecule has 0 heterocycles. The first-order chi connectivity index (χ1) is 12.3. The summed E-state index contributed by atoms with van der Waals surface area (Å²) in [7, 11) is 0. The van der Waals surface area contributed by atoms with Crippen LogP contribution in [-0.2, 0) is 9.53 Å². The van der Waals surface area contributed by atoms with E-state index < -0.39 is 0 Å². The number of fused-ring (bicyclic) bond motifs is 2. The third kappa shape index (κ3) is 4.60. The van der Waals surface area contributed by atoms with Crippen LogP contribution in [0.1, 0.15) is 19.3 Å². The van der Waals surface area contributed by atoms with Crippen LogP contribution in [0.3, 0.4) is 0 Å². The molecule has 0 aliphatic rings. The molecule has 0 unspecified atom stereocenters. The van der Waals surface area contributed by atoms with E-state index in [0.717, 1.165) is 25.0 Å². The van der Waals surface area contributed by atoms with E-state index in [1.807, 2.05) is 6.07 Å². The van der Waals surface area contributed by atoms with Crippen LogP contribution < -0.4 is 4.74 Å². The molecule has 3 aromatic carbocycles. The van der Waals surface area contributed by atoms with Crippen molar-refractivity contribution in [3.05, 3.63) is 67.3 Å². The van der Waals surface area contributed by atoms with E-state index in [9.17, 15) is 4.79 Å². The minimum atomic E-state index is -0.361. The van der Waals surface area contributed by atoms with Crippen LogP contribution in [-0.4, -0.2) is 19.2 Å². The van der Waals surface area contributed by atoms with Gasteiger partial charge in [0.05, 0.1) is 13.2 Å². The van der Waals surface area contributed by atoms with Crippen molar-refractivity contribution in [2.24, 2.45) is 0 Å². The fraction of sp³-hybridized carbons (Fsp3) is 0.227. The van der Waals surface area contributed by atoms with Gasteiger partial charge >= 0.3 is 5.97 Å². The molecule has 25 heavy (non-hydrogen) atoms. The Morgan fingerprint density at radius 3 is 2.28 bits per heavy atom. The summed E-state index contributed by atoms with van der Waals surface area (Å²) in [6.07, 6.45) is 3.92. The molecule has 0 N–H and O–H groups in total. The number of rotatable bonds is 8. The van der Waals surface area contributed by atoms with Gasteiger partial charge in [-0.15, -0.1) is 0 Å². The number of unbranched alkanes of at least 4 members (excludes halogenated alkanes) is 2. The number of carbonyl (C=O) groups is 1. The van der Waals surface area contributed by atoms with Crippen molar-refractivity contribution in [1.29, 1.82) is 0 Å². The van der Waals surface area contributed by atoms with Crippen molar-refractivity contribution in [3.8, 4) is 5.75 Å². The second-order valence-corrected chi connectivity index (χ2v) is 5.99. The molecule has 0 spiro atoms. The van der Waals surface area contributed by atoms with Gasteiger partial charge < -0.3 is 9.47 Å². The molecule has 0 aliphatic heterocycles. The Bertz CT molecular complexity index is 883. The monoisotopic (exact) mass is 334 g/mol. The predicted octanol–water partition coefficient (Wildman–Crippen LogP) is 5.27. The summed E-state index contributed by atoms with van der Waals surface area (Å²) < 4.78 is 10.8. The van der Waals surface area contributed by atoms with Crippen LogP contribution in [0.25, 0.3) is 21.5 Å². The summed E-state index contributed by atoms with van der Waals surface area (Å²) in [5.74, 6) is 0.529. The highest BCUT2D eigenvalue weighted by atomic mass is 16.5. The highest BCUT2D eigenvalue weighted by Gasteiger charge is 2.01. The maximum atomic E-state index is 10.9. The molecule has 3 nitrogen and oxygen atoms in total. The SMILES string of the molecule is C=CC(=O)OCCCCCOc1ccc2cc3ccccc3cc2c1. The molecular formula is C22H22O3. The molecule has 0 aromatic heterocycles. The molecule has 0 bridgehead atoms. The first-order valence-electron chi connectivity index (χ1n) is 8.61. The van der Waals surface area contributed by atoms with Crippen LogP contribution in [0.2, 0.25) is 0 Å². The van der Waals surface area contributed by atoms with Crippen LogP contribution >= 0.6 is 0 Å². The fourth-order valence-corrected chi connectivity index (χ4v) is 2.81. The van der Waals surface area contributed by atoms with Crippen molar-refractivity contribution in [2.45, 2.75) is 19.3 Å². The third-order valence-corrected chi connectivity index (χ3v) is 4.14. The molecule has 0 amide bonds. The first-order valence-corrected chi connectivity index (χ1v) is 8.61. The number of benzene rings is 3. The lowest BCUT2D eigenvalue weighted by Gasteiger charge is -2.08. The van der Waals surface area contributed by atoms with E-state index in [0.29, 0.717) is 13.2 Å². The van der Waals surface area contributed by atoms with Gasteiger partial charge in [0.1, 0.15) is 5.75 Å². The lowest BCUT2D eigenvalue weighted by molar-refractivity contribution is -0.137. The Morgan fingerprint density at radius 1 is 0.840 bits per heavy atom. The summed E-state index contributed by atoms with van der Waals surface area (Å²) in [6, 6.07) is 19.0. The van der Waals surface area contributed by atoms with Crippen LogP contribution in [0, 0.1) is 0 Å². The molecule has 3 rings (SSSR count). The average molecular weight is 334 g/mol. The lowest BCUT2D eigenvalue weighted by atomic mass is 10.0. The van der Waals surface area contributed by atoms with E-state index >= 15 is 0 Å². The van der Waals surface area contributed by atoms with Gasteiger partial charge in [0.25, 0.3) is 0 Å². The number of carbonyl (C=O) groups excluding carboxylic acids is 1. The predicted molar refractivity (Wildman–Crippen MR) is 102 cm³/mol. The van der Waals surface area contributed by atoms with E-state index in [1.165, 1.54) is 27.6 Å². The maximum Gasteiger partial charge on any atom is 0.330 e. The van der Waals surface area contributed by atoms with Gasteiger partial charge in [0.15, 0.2) is 0 Å². The summed E-state index contributed by atoms with van der Waals surface area (Å²) >= 11 is 0. The zero-order chi connectivity index (χ0) is 17.5. The smallest absolute Gasteiger partial charge is 0.330 e. The Morgan fingerprint density at radius 2 is 1.52 bits per heavy atom. The van der Waals surface area contributed by atoms with Crippen LogP contribution in [0.15, 0.2) is 67.3 Å². The topological polar surface area (TPSA) is 35.5 Å². The van der Waals surface area contributed by atoms with E-state index in [4.69, 9.17) is 9.47 Å². The number of hydrogen-bond acceptors (Lipinski definition) is 3. The van der Waals surface area contributed by atoms with Gasteiger partial charge in [-0.05, 0) is 65.1 Å². The molecule has 0 saturated carbocycles. The first kappa shape index (κ1) is 17.0. The minimum absolute atomic E-state index is 0.361. The molecule has 0 saturated heterocycles. The van der Waals surface area contributed by atoms with Crippen molar-refractivity contribution in [1.82, 2.24) is 0 Å². The van der Waals surface area contributed by atoms with Gasteiger partial charge in [-0.25, -0.2) is 4.79 Å². The van der Waals surface area contributed by atoms with E-state index in [-0.39, 0.29) is 5.97 Å². The highest BCUT2D eigenvalue weighted by Crippen LogP contribution is 2.26. The zero-order valence-electron chi connectivity index (χ0n) is 14.2. The van der Waals surface area contributed by atoms with Gasteiger partial charge in [-0.3, -0.25) is 0 Å². The fourth-order valence-electron chi connectivity index (χ4n) is 2.81. The molecule has 0 radical (unpaired) electrons. The Balaban J connectivity index is 1.51. The average Bonchev–Trinajstić information content (AvgIpc) is 2.65. The Kier molecular flexibility index (Phi) is 5.68. The maximum absolute atomic E-state index is 10.9. The standard InChI is InChI=1S/C22H22O3/c1-2-22(23)25-13-7-3-6-12-24-21-11-10-19-14-17-8-4-5-9-18(17)15-20(19)16-21/h2,4-5,8-11,14-16H,1,3,6-7,12-13H2. The summed E-state index contributed by atoms with van der Waals surface area (Å²) in [5, 5.41) is 4.89. The van der Waals surface area contributed by atoms with Crippen molar-refractivity contribution in [3.63, 3.8) is 0 Å². The van der Waals surface area contributed by atoms with Gasteiger partial charge in [-0.2, -0.15) is 0 Å². The second-order valence-electron chi connectivity index (χ2n) is 5.99. The molecule has 0 aliphatic carbocycles. The van der Waals surface area contributed by atoms with Gasteiger partial charge in [0, 0.05) is 6.08 Å². The second kappa shape index (κ2) is 8.34. The number of hydrogen-bond donors (Lipinski definition) is 0. The van der Waals surface area contributed by atoms with E-state index in [1.54, 1.807) is 0 Å². The summed E-state index contributed by atoms with van der Waals surface area (Å²) in [6.45, 7) is 4.47. The van der Waals surface area contributed by atoms with Crippen LogP contribution in [0.4, 0.5) is 0 Å². The van der Waals surface area contributed by atoms with Gasteiger partial charge in [-0.1, -0.05) is 36.9 Å². The summed E-state index contributed by atoms with van der Waals surface area (Å²) in [5.41, 5.74) is 0. The van der Waals surface area contributed by atoms with Crippen LogP contribution in [0.5, 0.6) is 5.75 Å². The normalized spacial score (nSPS) is 10.7.